The average molecular weight is 399 g/mol. The molecule has 0 saturated carbocycles. The summed E-state index contributed by atoms with van der Waals surface area (Å²) in [6.07, 6.45) is 0.244. The number of aromatic nitrogens is 1. The maximum atomic E-state index is 13.8. The maximum absolute atomic E-state index is 13.8. The summed E-state index contributed by atoms with van der Waals surface area (Å²) < 4.78 is 19.6. The molecule has 146 valence electrons. The van der Waals surface area contributed by atoms with E-state index >= 15 is 0 Å². The van der Waals surface area contributed by atoms with E-state index in [9.17, 15) is 9.18 Å². The molecule has 0 spiro atoms. The number of carbonyl (C=O) groups is 1. The van der Waals surface area contributed by atoms with Crippen LogP contribution in [0.3, 0.4) is 0 Å². The van der Waals surface area contributed by atoms with Crippen LogP contribution in [0.5, 0.6) is 0 Å². The Bertz CT molecular complexity index is 946. The molecule has 2 aromatic heterocycles. The number of benzene rings is 1. The van der Waals surface area contributed by atoms with Gasteiger partial charge in [-0.25, -0.2) is 9.37 Å². The van der Waals surface area contributed by atoms with Crippen LogP contribution < -0.4 is 0 Å². The zero-order valence-corrected chi connectivity index (χ0v) is 16.5. The summed E-state index contributed by atoms with van der Waals surface area (Å²) in [5.74, 6) is 1.14. The zero-order chi connectivity index (χ0) is 19.5. The van der Waals surface area contributed by atoms with Gasteiger partial charge in [-0.15, -0.1) is 11.3 Å². The Morgan fingerprint density at radius 2 is 1.96 bits per heavy atom. The molecule has 1 fully saturated rings. The van der Waals surface area contributed by atoms with Gasteiger partial charge in [0.1, 0.15) is 11.6 Å². The number of oxazole rings is 1. The molecule has 1 amide bonds. The van der Waals surface area contributed by atoms with Crippen LogP contribution in [0.2, 0.25) is 0 Å². The molecule has 7 heteroatoms. The van der Waals surface area contributed by atoms with Gasteiger partial charge in [0, 0.05) is 38.3 Å². The van der Waals surface area contributed by atoms with E-state index in [4.69, 9.17) is 4.42 Å². The number of nitrogens with zero attached hydrogens (tertiary/aromatic N) is 3. The van der Waals surface area contributed by atoms with Crippen molar-refractivity contribution in [1.29, 1.82) is 0 Å². The first-order valence-electron chi connectivity index (χ1n) is 9.34. The second kappa shape index (κ2) is 8.24. The van der Waals surface area contributed by atoms with Crippen LogP contribution in [-0.4, -0.2) is 46.9 Å². The molecule has 1 aliphatic heterocycles. The van der Waals surface area contributed by atoms with Gasteiger partial charge < -0.3 is 9.32 Å². The van der Waals surface area contributed by atoms with Crippen molar-refractivity contribution >= 4 is 17.2 Å². The van der Waals surface area contributed by atoms with E-state index in [0.29, 0.717) is 42.5 Å². The topological polar surface area (TPSA) is 49.6 Å². The molecule has 0 bridgehead atoms. The average Bonchev–Trinajstić information content (AvgIpc) is 3.35. The Morgan fingerprint density at radius 3 is 2.68 bits per heavy atom. The molecule has 0 unspecified atom stereocenters. The van der Waals surface area contributed by atoms with Crippen molar-refractivity contribution in [1.82, 2.24) is 14.8 Å². The van der Waals surface area contributed by atoms with Crippen molar-refractivity contribution in [2.45, 2.75) is 19.9 Å². The third-order valence-corrected chi connectivity index (χ3v) is 5.88. The Morgan fingerprint density at radius 1 is 1.18 bits per heavy atom. The van der Waals surface area contributed by atoms with Crippen molar-refractivity contribution < 1.29 is 13.6 Å². The predicted molar refractivity (Wildman–Crippen MR) is 107 cm³/mol. The van der Waals surface area contributed by atoms with E-state index in [-0.39, 0.29) is 18.1 Å². The predicted octanol–water partition coefficient (Wildman–Crippen LogP) is 3.74. The van der Waals surface area contributed by atoms with Gasteiger partial charge >= 0.3 is 0 Å². The van der Waals surface area contributed by atoms with Crippen molar-refractivity contribution in [3.63, 3.8) is 0 Å². The number of rotatable bonds is 5. The molecular formula is C21H22FN3O2S. The lowest BCUT2D eigenvalue weighted by atomic mass is 10.1. The fourth-order valence-corrected chi connectivity index (χ4v) is 4.02. The number of halogens is 1. The highest BCUT2D eigenvalue weighted by Gasteiger charge is 2.24. The van der Waals surface area contributed by atoms with Gasteiger partial charge in [-0.3, -0.25) is 9.69 Å². The summed E-state index contributed by atoms with van der Waals surface area (Å²) >= 11 is 1.56. The normalized spacial score (nSPS) is 15.1. The van der Waals surface area contributed by atoms with Crippen LogP contribution in [0.1, 0.15) is 17.0 Å². The summed E-state index contributed by atoms with van der Waals surface area (Å²) in [5, 5.41) is 1.97. The fourth-order valence-electron chi connectivity index (χ4n) is 3.38. The van der Waals surface area contributed by atoms with Gasteiger partial charge in [-0.2, -0.15) is 0 Å². The zero-order valence-electron chi connectivity index (χ0n) is 15.7. The molecule has 1 aromatic carbocycles. The van der Waals surface area contributed by atoms with Crippen LogP contribution >= 0.6 is 11.3 Å². The number of amides is 1. The number of thiophene rings is 1. The molecule has 3 heterocycles. The maximum Gasteiger partial charge on any atom is 0.236 e. The second-order valence-corrected chi connectivity index (χ2v) is 7.87. The summed E-state index contributed by atoms with van der Waals surface area (Å²) in [6, 6.07) is 10.8. The third-order valence-electron chi connectivity index (χ3n) is 5.02. The standard InChI is InChI=1S/C21H22FN3O2S/c1-15-18(23-21(27-15)19-7-4-12-28-19)13-20(26)25-10-8-24(9-11-25)14-16-5-2-3-6-17(16)22/h2-7,12H,8-11,13-14H2,1H3. The molecule has 1 aliphatic rings. The lowest BCUT2D eigenvalue weighted by molar-refractivity contribution is -0.132. The highest BCUT2D eigenvalue weighted by molar-refractivity contribution is 7.13. The molecule has 1 saturated heterocycles. The number of hydrogen-bond acceptors (Lipinski definition) is 5. The summed E-state index contributed by atoms with van der Waals surface area (Å²) in [5.41, 5.74) is 1.39. The number of carbonyl (C=O) groups excluding carboxylic acids is 1. The van der Waals surface area contributed by atoms with Gasteiger partial charge in [0.15, 0.2) is 0 Å². The highest BCUT2D eigenvalue weighted by atomic mass is 32.1. The second-order valence-electron chi connectivity index (χ2n) is 6.92. The van der Waals surface area contributed by atoms with Crippen molar-refractivity contribution in [2.75, 3.05) is 26.2 Å². The first kappa shape index (κ1) is 18.8. The van der Waals surface area contributed by atoms with Gasteiger partial charge in [0.25, 0.3) is 0 Å². The lowest BCUT2D eigenvalue weighted by Crippen LogP contribution is -2.48. The van der Waals surface area contributed by atoms with E-state index in [1.54, 1.807) is 17.4 Å². The van der Waals surface area contributed by atoms with E-state index in [2.05, 4.69) is 9.88 Å². The van der Waals surface area contributed by atoms with Gasteiger partial charge in [-0.1, -0.05) is 24.3 Å². The molecule has 0 aliphatic carbocycles. The van der Waals surface area contributed by atoms with Gasteiger partial charge in [0.2, 0.25) is 11.8 Å². The summed E-state index contributed by atoms with van der Waals surface area (Å²) in [7, 11) is 0. The largest absolute Gasteiger partial charge is 0.440 e. The van der Waals surface area contributed by atoms with E-state index in [1.165, 1.54) is 6.07 Å². The van der Waals surface area contributed by atoms with Crippen LogP contribution in [0.4, 0.5) is 4.39 Å². The smallest absolute Gasteiger partial charge is 0.236 e. The van der Waals surface area contributed by atoms with Crippen LogP contribution in [-0.2, 0) is 17.8 Å². The van der Waals surface area contributed by atoms with Crippen LogP contribution in [0.25, 0.3) is 10.8 Å². The SMILES string of the molecule is Cc1oc(-c2cccs2)nc1CC(=O)N1CCN(Cc2ccccc2F)CC1. The van der Waals surface area contributed by atoms with Crippen molar-refractivity contribution in [2.24, 2.45) is 0 Å². The third kappa shape index (κ3) is 4.15. The minimum Gasteiger partial charge on any atom is -0.440 e. The fraction of sp³-hybridized carbons (Fsp3) is 0.333. The minimum absolute atomic E-state index is 0.0553. The first-order chi connectivity index (χ1) is 13.6. The van der Waals surface area contributed by atoms with Crippen LogP contribution in [0.15, 0.2) is 46.2 Å². The first-order valence-corrected chi connectivity index (χ1v) is 10.2. The molecule has 0 radical (unpaired) electrons. The Labute approximate surface area is 167 Å². The van der Waals surface area contributed by atoms with Gasteiger partial charge in [0.05, 0.1) is 17.0 Å². The molecule has 0 atom stereocenters. The Hall–Kier alpha value is -2.51. The van der Waals surface area contributed by atoms with Gasteiger partial charge in [-0.05, 0) is 24.4 Å². The summed E-state index contributed by atoms with van der Waals surface area (Å²) in [4.78, 5) is 22.2. The van der Waals surface area contributed by atoms with Crippen molar-refractivity contribution in [3.05, 3.63) is 64.6 Å². The molecule has 4 rings (SSSR count). The number of aryl methyl sites for hydroxylation is 1. The monoisotopic (exact) mass is 399 g/mol. The van der Waals surface area contributed by atoms with E-state index in [1.807, 2.05) is 41.5 Å². The summed E-state index contributed by atoms with van der Waals surface area (Å²) in [6.45, 7) is 5.17. The lowest BCUT2D eigenvalue weighted by Gasteiger charge is -2.34. The van der Waals surface area contributed by atoms with Crippen molar-refractivity contribution in [3.8, 4) is 10.8 Å². The Balaban J connectivity index is 1.33. The van der Waals surface area contributed by atoms with E-state index in [0.717, 1.165) is 18.0 Å². The highest BCUT2D eigenvalue weighted by Crippen LogP contribution is 2.26. The number of piperazine rings is 1. The molecule has 28 heavy (non-hydrogen) atoms. The van der Waals surface area contributed by atoms with Crippen LogP contribution in [0, 0.1) is 12.7 Å². The molecular weight excluding hydrogens is 377 g/mol. The van der Waals surface area contributed by atoms with E-state index < -0.39 is 0 Å². The molecule has 5 nitrogen and oxygen atoms in total. The molecule has 3 aromatic rings. The Kier molecular flexibility index (Phi) is 5.54. The quantitative estimate of drug-likeness (QED) is 0.656. The minimum atomic E-state index is -0.177. The number of hydrogen-bond donors (Lipinski definition) is 0. The molecule has 0 N–H and O–H groups in total.